The number of carbonyl (C=O) groups excluding carboxylic acids is 1. The zero-order valence-corrected chi connectivity index (χ0v) is 9.22. The molecule has 1 heterocycles. The Morgan fingerprint density at radius 2 is 2.31 bits per heavy atom. The zero-order valence-electron chi connectivity index (χ0n) is 9.22. The van der Waals surface area contributed by atoms with Gasteiger partial charge in [-0.05, 0) is 11.8 Å². The first kappa shape index (κ1) is 12.0. The number of rotatable bonds is 4. The fraction of sp³-hybridized carbons (Fsp3) is 0.500. The number of nitrogens with one attached hydrogen (secondary N) is 2. The molecular formula is C8H13N5O3. The lowest BCUT2D eigenvalue weighted by Gasteiger charge is -2.17. The molecule has 0 saturated heterocycles. The Bertz CT molecular complexity index is 400. The van der Waals surface area contributed by atoms with Gasteiger partial charge in [0.25, 0.3) is 0 Å². The van der Waals surface area contributed by atoms with Gasteiger partial charge in [-0.25, -0.2) is 0 Å². The van der Waals surface area contributed by atoms with Gasteiger partial charge < -0.3 is 20.3 Å². The molecule has 88 valence electrons. The Hall–Kier alpha value is -2.12. The SMILES string of the molecule is CC(Nc1cn[nH]c1[N+](=O)[O-])C(=O)N(C)C. The molecule has 0 saturated carbocycles. The van der Waals surface area contributed by atoms with Crippen LogP contribution >= 0.6 is 0 Å². The van der Waals surface area contributed by atoms with Crippen molar-refractivity contribution in [2.24, 2.45) is 0 Å². The van der Waals surface area contributed by atoms with E-state index in [2.05, 4.69) is 15.5 Å². The largest absolute Gasteiger partial charge is 0.366 e. The number of carbonyl (C=O) groups is 1. The van der Waals surface area contributed by atoms with Crippen LogP contribution in [-0.4, -0.2) is 46.1 Å². The summed E-state index contributed by atoms with van der Waals surface area (Å²) < 4.78 is 0. The van der Waals surface area contributed by atoms with Gasteiger partial charge in [0.2, 0.25) is 5.91 Å². The third kappa shape index (κ3) is 2.47. The van der Waals surface area contributed by atoms with Crippen molar-refractivity contribution in [1.82, 2.24) is 15.1 Å². The number of H-pyrrole nitrogens is 1. The summed E-state index contributed by atoms with van der Waals surface area (Å²) in [5.41, 5.74) is 0.202. The minimum atomic E-state index is -0.595. The molecule has 0 bridgehead atoms. The molecule has 1 aromatic rings. The van der Waals surface area contributed by atoms with E-state index in [1.54, 1.807) is 21.0 Å². The Balaban J connectivity index is 2.77. The fourth-order valence-corrected chi connectivity index (χ4v) is 1.21. The molecule has 0 aromatic carbocycles. The van der Waals surface area contributed by atoms with Crippen LogP contribution < -0.4 is 5.32 Å². The summed E-state index contributed by atoms with van der Waals surface area (Å²) in [5, 5.41) is 19.1. The van der Waals surface area contributed by atoms with Crippen LogP contribution in [0.15, 0.2) is 6.20 Å². The number of hydrogen-bond acceptors (Lipinski definition) is 5. The minimum Gasteiger partial charge on any atom is -0.366 e. The number of aromatic nitrogens is 2. The van der Waals surface area contributed by atoms with Crippen LogP contribution in [0.4, 0.5) is 11.5 Å². The van der Waals surface area contributed by atoms with Gasteiger partial charge in [-0.2, -0.15) is 0 Å². The summed E-state index contributed by atoms with van der Waals surface area (Å²) in [6, 6.07) is -0.550. The second-order valence-electron chi connectivity index (χ2n) is 3.49. The highest BCUT2D eigenvalue weighted by molar-refractivity contribution is 5.84. The standard InChI is InChI=1S/C8H13N5O3/c1-5(8(14)12(2)3)10-6-4-9-11-7(6)13(15)16/h4-5,10H,1-3H3,(H,9,11). The van der Waals surface area contributed by atoms with Crippen LogP contribution in [0.1, 0.15) is 6.92 Å². The maximum atomic E-state index is 11.5. The third-order valence-electron chi connectivity index (χ3n) is 1.99. The Labute approximate surface area is 91.8 Å². The van der Waals surface area contributed by atoms with Crippen LogP contribution in [0.5, 0.6) is 0 Å². The molecule has 2 N–H and O–H groups in total. The lowest BCUT2D eigenvalue weighted by Crippen LogP contribution is -2.36. The first-order chi connectivity index (χ1) is 7.43. The normalized spacial score (nSPS) is 11.9. The second kappa shape index (κ2) is 4.60. The third-order valence-corrected chi connectivity index (χ3v) is 1.99. The van der Waals surface area contributed by atoms with Gasteiger partial charge in [0.15, 0.2) is 5.69 Å². The van der Waals surface area contributed by atoms with Crippen molar-refractivity contribution in [3.63, 3.8) is 0 Å². The maximum Gasteiger partial charge on any atom is 0.366 e. The van der Waals surface area contributed by atoms with Crippen molar-refractivity contribution in [2.75, 3.05) is 19.4 Å². The maximum absolute atomic E-state index is 11.5. The van der Waals surface area contributed by atoms with Crippen molar-refractivity contribution >= 4 is 17.4 Å². The number of aromatic amines is 1. The zero-order chi connectivity index (χ0) is 12.3. The fourth-order valence-electron chi connectivity index (χ4n) is 1.21. The van der Waals surface area contributed by atoms with Gasteiger partial charge in [-0.3, -0.25) is 4.79 Å². The molecule has 0 aliphatic carbocycles. The van der Waals surface area contributed by atoms with E-state index < -0.39 is 11.0 Å². The summed E-state index contributed by atoms with van der Waals surface area (Å²) in [5.74, 6) is -0.422. The molecule has 1 aromatic heterocycles. The average Bonchev–Trinajstić information content (AvgIpc) is 2.64. The van der Waals surface area contributed by atoms with Crippen LogP contribution in [-0.2, 0) is 4.79 Å². The average molecular weight is 227 g/mol. The lowest BCUT2D eigenvalue weighted by atomic mass is 10.3. The van der Waals surface area contributed by atoms with Crippen LogP contribution in [0.2, 0.25) is 0 Å². The smallest absolute Gasteiger partial charge is 0.366 e. The van der Waals surface area contributed by atoms with Crippen molar-refractivity contribution in [3.05, 3.63) is 16.3 Å². The van der Waals surface area contributed by atoms with E-state index in [0.29, 0.717) is 0 Å². The van der Waals surface area contributed by atoms with Gasteiger partial charge in [-0.1, -0.05) is 5.10 Å². The van der Waals surface area contributed by atoms with Gasteiger partial charge in [-0.15, -0.1) is 5.10 Å². The quantitative estimate of drug-likeness (QED) is 0.565. The number of nitrogens with zero attached hydrogens (tertiary/aromatic N) is 3. The number of nitro groups is 1. The van der Waals surface area contributed by atoms with Crippen molar-refractivity contribution in [2.45, 2.75) is 13.0 Å². The topological polar surface area (TPSA) is 104 Å². The Morgan fingerprint density at radius 1 is 1.69 bits per heavy atom. The van der Waals surface area contributed by atoms with Crippen LogP contribution in [0.25, 0.3) is 0 Å². The van der Waals surface area contributed by atoms with Crippen molar-refractivity contribution in [1.29, 1.82) is 0 Å². The highest BCUT2D eigenvalue weighted by atomic mass is 16.6. The minimum absolute atomic E-state index is 0.171. The summed E-state index contributed by atoms with van der Waals surface area (Å²) in [6.07, 6.45) is 1.28. The molecule has 0 spiro atoms. The van der Waals surface area contributed by atoms with E-state index in [1.165, 1.54) is 11.1 Å². The molecule has 1 atom stereocenters. The predicted molar refractivity (Wildman–Crippen MR) is 57.0 cm³/mol. The first-order valence-corrected chi connectivity index (χ1v) is 4.59. The molecule has 8 nitrogen and oxygen atoms in total. The molecule has 1 rings (SSSR count). The molecule has 1 unspecified atom stereocenters. The number of likely N-dealkylation sites (N-methyl/N-ethyl adjacent to an activating group) is 1. The summed E-state index contributed by atoms with van der Waals surface area (Å²) in [4.78, 5) is 22.9. The Morgan fingerprint density at radius 3 is 2.81 bits per heavy atom. The van der Waals surface area contributed by atoms with Gasteiger partial charge in [0.05, 0.1) is 0 Å². The molecule has 16 heavy (non-hydrogen) atoms. The van der Waals surface area contributed by atoms with E-state index in [4.69, 9.17) is 0 Å². The lowest BCUT2D eigenvalue weighted by molar-refractivity contribution is -0.388. The number of amides is 1. The number of anilines is 1. The molecule has 0 radical (unpaired) electrons. The highest BCUT2D eigenvalue weighted by Crippen LogP contribution is 2.20. The van der Waals surface area contributed by atoms with Crippen molar-refractivity contribution in [3.8, 4) is 0 Å². The van der Waals surface area contributed by atoms with Gasteiger partial charge >= 0.3 is 5.82 Å². The highest BCUT2D eigenvalue weighted by Gasteiger charge is 2.20. The van der Waals surface area contributed by atoms with Gasteiger partial charge in [0.1, 0.15) is 12.2 Å². The molecular weight excluding hydrogens is 214 g/mol. The molecule has 0 aliphatic rings. The van der Waals surface area contributed by atoms with E-state index in [9.17, 15) is 14.9 Å². The number of hydrogen-bond donors (Lipinski definition) is 2. The van der Waals surface area contributed by atoms with E-state index in [0.717, 1.165) is 0 Å². The molecule has 0 aliphatic heterocycles. The molecule has 1 amide bonds. The van der Waals surface area contributed by atoms with E-state index >= 15 is 0 Å². The molecule has 0 fully saturated rings. The van der Waals surface area contributed by atoms with Crippen LogP contribution in [0, 0.1) is 10.1 Å². The summed E-state index contributed by atoms with van der Waals surface area (Å²) in [6.45, 7) is 1.62. The molecule has 8 heteroatoms. The van der Waals surface area contributed by atoms with E-state index in [-0.39, 0.29) is 17.4 Å². The first-order valence-electron chi connectivity index (χ1n) is 4.59. The predicted octanol–water partition coefficient (Wildman–Crippen LogP) is 0.206. The van der Waals surface area contributed by atoms with E-state index in [1.807, 2.05) is 0 Å². The Kier molecular flexibility index (Phi) is 3.44. The summed E-state index contributed by atoms with van der Waals surface area (Å²) in [7, 11) is 3.23. The second-order valence-corrected chi connectivity index (χ2v) is 3.49. The van der Waals surface area contributed by atoms with Crippen molar-refractivity contribution < 1.29 is 9.72 Å². The summed E-state index contributed by atoms with van der Waals surface area (Å²) >= 11 is 0. The van der Waals surface area contributed by atoms with Gasteiger partial charge in [0, 0.05) is 14.1 Å². The monoisotopic (exact) mass is 227 g/mol. The van der Waals surface area contributed by atoms with Crippen LogP contribution in [0.3, 0.4) is 0 Å².